The van der Waals surface area contributed by atoms with Crippen LogP contribution in [-0.4, -0.2) is 126 Å². The second kappa shape index (κ2) is 12.2. The lowest BCUT2D eigenvalue weighted by molar-refractivity contribution is -0.282. The van der Waals surface area contributed by atoms with Crippen LogP contribution in [-0.2, 0) is 9.47 Å². The number of ether oxygens (including phenoxy) is 4. The number of fused-ring (bicyclic) bond motifs is 1. The van der Waals surface area contributed by atoms with Crippen molar-refractivity contribution in [1.82, 2.24) is 0 Å². The molecule has 16 nitrogen and oxygen atoms in total. The zero-order chi connectivity index (χ0) is 31.2. The van der Waals surface area contributed by atoms with Crippen LogP contribution in [0.2, 0.25) is 0 Å². The van der Waals surface area contributed by atoms with Gasteiger partial charge in [-0.1, -0.05) is 0 Å². The normalized spacial score (nSPS) is 32.9. The Hall–Kier alpha value is -3.55. The van der Waals surface area contributed by atoms with Gasteiger partial charge in [0.15, 0.2) is 16.9 Å². The third kappa shape index (κ3) is 5.85. The van der Waals surface area contributed by atoms with Gasteiger partial charge in [-0.25, -0.2) is 0 Å². The van der Waals surface area contributed by atoms with Crippen LogP contribution in [0.4, 0.5) is 0 Å². The van der Waals surface area contributed by atoms with E-state index in [2.05, 4.69) is 0 Å². The second-order valence-corrected chi connectivity index (χ2v) is 10.1. The highest BCUT2D eigenvalue weighted by molar-refractivity contribution is 5.86. The van der Waals surface area contributed by atoms with Gasteiger partial charge in [0.1, 0.15) is 77.1 Å². The molecule has 2 aliphatic heterocycles. The van der Waals surface area contributed by atoms with Crippen molar-refractivity contribution < 1.29 is 74.4 Å². The van der Waals surface area contributed by atoms with E-state index in [1.54, 1.807) is 0 Å². The van der Waals surface area contributed by atoms with Crippen LogP contribution in [0.15, 0.2) is 45.6 Å². The van der Waals surface area contributed by atoms with E-state index < -0.39 is 85.8 Å². The van der Waals surface area contributed by atoms with Crippen LogP contribution in [0.5, 0.6) is 23.0 Å². The summed E-state index contributed by atoms with van der Waals surface area (Å²) in [4.78, 5) is 12.8. The highest BCUT2D eigenvalue weighted by Gasteiger charge is 2.46. The SMILES string of the molecule is O=c1cc(-c2ccc(O[C@H]3O[C@@H](CO)[C@H](O)[C@@H](O)[C@@H]3O)c(O[C@H]3O[C@@H](CO)[C@H](O)[C@@H](O)[C@@H]3O)c2)oc2cc(O)cc(O)c12. The van der Waals surface area contributed by atoms with Crippen LogP contribution in [0.3, 0.4) is 0 Å². The molecule has 0 spiro atoms. The Bertz CT molecular complexity index is 1500. The summed E-state index contributed by atoms with van der Waals surface area (Å²) in [7, 11) is 0. The monoisotopic (exact) mass is 610 g/mol. The Balaban J connectivity index is 1.55. The highest BCUT2D eigenvalue weighted by atomic mass is 16.7. The highest BCUT2D eigenvalue weighted by Crippen LogP contribution is 2.38. The second-order valence-electron chi connectivity index (χ2n) is 10.1. The van der Waals surface area contributed by atoms with Gasteiger partial charge in [0, 0.05) is 23.8 Å². The summed E-state index contributed by atoms with van der Waals surface area (Å²) in [6.45, 7) is -1.48. The molecule has 43 heavy (non-hydrogen) atoms. The standard InChI is InChI=1S/C27H30O16/c28-7-17-20(33)22(35)24(37)26(42-17)40-13-2-1-9(14-6-12(32)19-11(31)4-10(30)5-16(19)39-14)3-15(13)41-27-25(38)23(36)21(34)18(8-29)43-27/h1-6,17-18,20-31,33-38H,7-8H2/t17-,18-,20-,21-,22+,23+,24-,25-,26-,27-/m0/s1. The van der Waals surface area contributed by atoms with Gasteiger partial charge < -0.3 is 74.4 Å². The van der Waals surface area contributed by atoms with E-state index in [0.717, 1.165) is 18.2 Å². The smallest absolute Gasteiger partial charge is 0.229 e. The number of phenolic OH excluding ortho intramolecular Hbond substituents is 2. The van der Waals surface area contributed by atoms with Crippen LogP contribution in [0.1, 0.15) is 0 Å². The molecule has 2 fully saturated rings. The lowest BCUT2D eigenvalue weighted by Crippen LogP contribution is -2.60. The van der Waals surface area contributed by atoms with E-state index in [4.69, 9.17) is 23.4 Å². The van der Waals surface area contributed by atoms with Crippen LogP contribution in [0, 0.1) is 0 Å². The van der Waals surface area contributed by atoms with Gasteiger partial charge in [0.05, 0.1) is 13.2 Å². The van der Waals surface area contributed by atoms with Gasteiger partial charge in [-0.3, -0.25) is 4.79 Å². The first kappa shape index (κ1) is 30.9. The average molecular weight is 611 g/mol. The Morgan fingerprint density at radius 2 is 1.23 bits per heavy atom. The van der Waals surface area contributed by atoms with Crippen molar-refractivity contribution in [1.29, 1.82) is 0 Å². The molecule has 1 aromatic heterocycles. The molecule has 0 radical (unpaired) electrons. The third-order valence-electron chi connectivity index (χ3n) is 7.21. The van der Waals surface area contributed by atoms with Crippen LogP contribution < -0.4 is 14.9 Å². The lowest BCUT2D eigenvalue weighted by atomic mass is 9.99. The molecule has 0 amide bonds. The van der Waals surface area contributed by atoms with E-state index in [0.29, 0.717) is 0 Å². The van der Waals surface area contributed by atoms with Crippen LogP contribution in [0.25, 0.3) is 22.3 Å². The molecule has 10 atom stereocenters. The van der Waals surface area contributed by atoms with Crippen molar-refractivity contribution in [3.05, 3.63) is 46.6 Å². The molecular formula is C27H30O16. The molecule has 2 aliphatic rings. The van der Waals surface area contributed by atoms with Gasteiger partial charge in [-0.05, 0) is 18.2 Å². The number of aliphatic hydroxyl groups excluding tert-OH is 8. The Morgan fingerprint density at radius 3 is 1.79 bits per heavy atom. The van der Waals surface area contributed by atoms with E-state index in [9.17, 15) is 55.9 Å². The Labute approximate surface area is 241 Å². The third-order valence-corrected chi connectivity index (χ3v) is 7.21. The molecule has 0 aliphatic carbocycles. The summed E-state index contributed by atoms with van der Waals surface area (Å²) in [5, 5.41) is 100. The van der Waals surface area contributed by atoms with Gasteiger partial charge >= 0.3 is 0 Å². The number of aromatic hydroxyl groups is 2. The van der Waals surface area contributed by atoms with Crippen molar-refractivity contribution in [2.75, 3.05) is 13.2 Å². The average Bonchev–Trinajstić information content (AvgIpc) is 2.97. The number of rotatable bonds is 7. The van der Waals surface area contributed by atoms with Crippen molar-refractivity contribution in [2.24, 2.45) is 0 Å². The van der Waals surface area contributed by atoms with E-state index in [1.807, 2.05) is 0 Å². The summed E-state index contributed by atoms with van der Waals surface area (Å²) in [6.07, 6.45) is -16.6. The Morgan fingerprint density at radius 1 is 0.674 bits per heavy atom. The quantitative estimate of drug-likeness (QED) is 0.130. The number of hydrogen-bond donors (Lipinski definition) is 10. The van der Waals surface area contributed by atoms with Crippen molar-refractivity contribution in [3.8, 4) is 34.3 Å². The number of aliphatic hydroxyl groups is 8. The van der Waals surface area contributed by atoms with Gasteiger partial charge in [0.2, 0.25) is 12.6 Å². The fourth-order valence-corrected chi connectivity index (χ4v) is 4.83. The molecule has 5 rings (SSSR count). The zero-order valence-electron chi connectivity index (χ0n) is 22.1. The van der Waals surface area contributed by atoms with Gasteiger partial charge in [-0.2, -0.15) is 0 Å². The minimum absolute atomic E-state index is 0.0828. The van der Waals surface area contributed by atoms with Gasteiger partial charge in [-0.15, -0.1) is 0 Å². The topological polar surface area (TPSA) is 269 Å². The predicted octanol–water partition coefficient (Wildman–Crippen LogP) is -2.77. The maximum absolute atomic E-state index is 12.8. The summed E-state index contributed by atoms with van der Waals surface area (Å²) in [6, 6.07) is 6.97. The minimum atomic E-state index is -1.84. The predicted molar refractivity (Wildman–Crippen MR) is 140 cm³/mol. The lowest BCUT2D eigenvalue weighted by Gasteiger charge is -2.41. The molecule has 0 bridgehead atoms. The molecule has 10 N–H and O–H groups in total. The molecule has 3 aromatic rings. The Kier molecular flexibility index (Phi) is 8.77. The van der Waals surface area contributed by atoms with E-state index >= 15 is 0 Å². The first-order valence-electron chi connectivity index (χ1n) is 13.0. The van der Waals surface area contributed by atoms with E-state index in [1.165, 1.54) is 18.2 Å². The molecular weight excluding hydrogens is 580 g/mol. The first-order valence-corrected chi connectivity index (χ1v) is 13.0. The van der Waals surface area contributed by atoms with Gasteiger partial charge in [0.25, 0.3) is 0 Å². The van der Waals surface area contributed by atoms with Crippen molar-refractivity contribution in [3.63, 3.8) is 0 Å². The summed E-state index contributed by atoms with van der Waals surface area (Å²) < 4.78 is 28.0. The van der Waals surface area contributed by atoms with Crippen molar-refractivity contribution in [2.45, 2.75) is 61.4 Å². The molecule has 16 heteroatoms. The maximum Gasteiger partial charge on any atom is 0.229 e. The number of phenols is 2. The van der Waals surface area contributed by atoms with Crippen LogP contribution >= 0.6 is 0 Å². The molecule has 0 saturated carbocycles. The molecule has 3 heterocycles. The fourth-order valence-electron chi connectivity index (χ4n) is 4.83. The summed E-state index contributed by atoms with van der Waals surface area (Å²) >= 11 is 0. The minimum Gasteiger partial charge on any atom is -0.508 e. The van der Waals surface area contributed by atoms with Crippen molar-refractivity contribution >= 4 is 11.0 Å². The number of benzene rings is 2. The van der Waals surface area contributed by atoms with E-state index in [-0.39, 0.29) is 39.5 Å². The number of hydrogen-bond acceptors (Lipinski definition) is 16. The first-order chi connectivity index (χ1) is 20.4. The fraction of sp³-hybridized carbons (Fsp3) is 0.444. The largest absolute Gasteiger partial charge is 0.508 e. The maximum atomic E-state index is 12.8. The summed E-state index contributed by atoms with van der Waals surface area (Å²) in [5.74, 6) is -1.49. The molecule has 2 saturated heterocycles. The zero-order valence-corrected chi connectivity index (χ0v) is 22.1. The molecule has 0 unspecified atom stereocenters. The molecule has 234 valence electrons. The summed E-state index contributed by atoms with van der Waals surface area (Å²) in [5.41, 5.74) is -0.674. The molecule has 2 aromatic carbocycles.